The fourth-order valence-electron chi connectivity index (χ4n) is 1.32. The zero-order chi connectivity index (χ0) is 11.1. The Labute approximate surface area is 91.3 Å². The van der Waals surface area contributed by atoms with Crippen molar-refractivity contribution >= 4 is 5.82 Å². The summed E-state index contributed by atoms with van der Waals surface area (Å²) in [6.07, 6.45) is 9.52. The molecular weight excluding hydrogens is 186 g/mol. The minimum atomic E-state index is 0.301. The number of hydrogen-bond acceptors (Lipinski definition) is 3. The second-order valence-electron chi connectivity index (χ2n) is 3.41. The van der Waals surface area contributed by atoms with Gasteiger partial charge in [0.15, 0.2) is 0 Å². The van der Waals surface area contributed by atoms with Crippen LogP contribution in [0.25, 0.3) is 0 Å². The molecule has 0 saturated heterocycles. The van der Waals surface area contributed by atoms with Crippen LogP contribution < -0.4 is 5.32 Å². The molecule has 0 bridgehead atoms. The van der Waals surface area contributed by atoms with E-state index in [1.165, 1.54) is 0 Å². The van der Waals surface area contributed by atoms with Gasteiger partial charge in [-0.15, -0.1) is 12.3 Å². The maximum atomic E-state index is 5.29. The van der Waals surface area contributed by atoms with E-state index >= 15 is 0 Å². The van der Waals surface area contributed by atoms with Crippen LogP contribution in [0.1, 0.15) is 32.4 Å². The van der Waals surface area contributed by atoms with Crippen molar-refractivity contribution in [2.75, 3.05) is 5.32 Å². The summed E-state index contributed by atoms with van der Waals surface area (Å²) in [5.41, 5.74) is 1.04. The predicted molar refractivity (Wildman–Crippen MR) is 62.6 cm³/mol. The van der Waals surface area contributed by atoms with E-state index in [0.29, 0.717) is 6.04 Å². The van der Waals surface area contributed by atoms with E-state index in [4.69, 9.17) is 6.42 Å². The van der Waals surface area contributed by atoms with Gasteiger partial charge in [-0.2, -0.15) is 0 Å². The van der Waals surface area contributed by atoms with E-state index in [1.807, 2.05) is 6.07 Å². The molecular formula is C12H17N3. The summed E-state index contributed by atoms with van der Waals surface area (Å²) in [7, 11) is 0. The number of rotatable bonds is 5. The highest BCUT2D eigenvalue weighted by Crippen LogP contribution is 2.09. The number of nitrogens with one attached hydrogen (secondary N) is 1. The Kier molecular flexibility index (Phi) is 4.62. The van der Waals surface area contributed by atoms with Gasteiger partial charge in [-0.05, 0) is 12.8 Å². The average Bonchev–Trinajstić information content (AvgIpc) is 2.29. The van der Waals surface area contributed by atoms with Crippen molar-refractivity contribution in [2.45, 2.75) is 39.2 Å². The third-order valence-corrected chi connectivity index (χ3v) is 2.30. The van der Waals surface area contributed by atoms with Crippen molar-refractivity contribution in [3.05, 3.63) is 18.1 Å². The van der Waals surface area contributed by atoms with Gasteiger partial charge in [-0.25, -0.2) is 9.97 Å². The first kappa shape index (κ1) is 11.5. The van der Waals surface area contributed by atoms with Gasteiger partial charge in [0.05, 0.1) is 0 Å². The summed E-state index contributed by atoms with van der Waals surface area (Å²) in [4.78, 5) is 8.31. The topological polar surface area (TPSA) is 37.8 Å². The molecule has 1 heterocycles. The number of nitrogens with zero attached hydrogens (tertiary/aromatic N) is 2. The van der Waals surface area contributed by atoms with E-state index in [2.05, 4.69) is 35.1 Å². The van der Waals surface area contributed by atoms with E-state index in [1.54, 1.807) is 6.33 Å². The van der Waals surface area contributed by atoms with Gasteiger partial charge in [0.2, 0.25) is 0 Å². The molecule has 0 fully saturated rings. The minimum absolute atomic E-state index is 0.301. The molecule has 1 aromatic rings. The second-order valence-corrected chi connectivity index (χ2v) is 3.41. The lowest BCUT2D eigenvalue weighted by molar-refractivity contribution is 0.710. The second kappa shape index (κ2) is 6.02. The number of aryl methyl sites for hydroxylation is 1. The van der Waals surface area contributed by atoms with Crippen molar-refractivity contribution < 1.29 is 0 Å². The molecule has 1 rings (SSSR count). The van der Waals surface area contributed by atoms with Crippen LogP contribution in [0.4, 0.5) is 5.82 Å². The van der Waals surface area contributed by atoms with Crippen LogP contribution >= 0.6 is 0 Å². The summed E-state index contributed by atoms with van der Waals surface area (Å²) < 4.78 is 0. The van der Waals surface area contributed by atoms with Crippen LogP contribution in [-0.2, 0) is 6.42 Å². The first-order valence-electron chi connectivity index (χ1n) is 5.31. The smallest absolute Gasteiger partial charge is 0.129 e. The lowest BCUT2D eigenvalue weighted by Crippen LogP contribution is -2.18. The SMILES string of the molecule is C#CCC(CC)Nc1cc(CC)ncn1. The highest BCUT2D eigenvalue weighted by atomic mass is 15.0. The monoisotopic (exact) mass is 203 g/mol. The molecule has 3 nitrogen and oxygen atoms in total. The molecule has 1 aromatic heterocycles. The Morgan fingerprint density at radius 2 is 2.27 bits per heavy atom. The van der Waals surface area contributed by atoms with Crippen LogP contribution in [0.2, 0.25) is 0 Å². The molecule has 0 aliphatic rings. The molecule has 80 valence electrons. The van der Waals surface area contributed by atoms with Gasteiger partial charge in [-0.3, -0.25) is 0 Å². The van der Waals surface area contributed by atoms with Crippen LogP contribution in [0.3, 0.4) is 0 Å². The lowest BCUT2D eigenvalue weighted by atomic mass is 10.1. The van der Waals surface area contributed by atoms with E-state index < -0.39 is 0 Å². The largest absolute Gasteiger partial charge is 0.366 e. The number of terminal acetylenes is 1. The van der Waals surface area contributed by atoms with Crippen molar-refractivity contribution in [1.29, 1.82) is 0 Å². The third-order valence-electron chi connectivity index (χ3n) is 2.30. The number of hydrogen-bond donors (Lipinski definition) is 1. The Morgan fingerprint density at radius 3 is 2.87 bits per heavy atom. The molecule has 0 aromatic carbocycles. The molecule has 1 unspecified atom stereocenters. The lowest BCUT2D eigenvalue weighted by Gasteiger charge is -2.14. The fraction of sp³-hybridized carbons (Fsp3) is 0.500. The zero-order valence-electron chi connectivity index (χ0n) is 9.33. The van der Waals surface area contributed by atoms with Crippen LogP contribution in [0.15, 0.2) is 12.4 Å². The van der Waals surface area contributed by atoms with E-state index in [0.717, 1.165) is 30.8 Å². The van der Waals surface area contributed by atoms with E-state index in [-0.39, 0.29) is 0 Å². The summed E-state index contributed by atoms with van der Waals surface area (Å²) >= 11 is 0. The first-order valence-corrected chi connectivity index (χ1v) is 5.31. The Morgan fingerprint density at radius 1 is 1.47 bits per heavy atom. The molecule has 0 radical (unpaired) electrons. The summed E-state index contributed by atoms with van der Waals surface area (Å²) in [5, 5.41) is 3.31. The Bertz CT molecular complexity index is 341. The summed E-state index contributed by atoms with van der Waals surface area (Å²) in [5.74, 6) is 3.53. The Hall–Kier alpha value is -1.56. The van der Waals surface area contributed by atoms with Crippen molar-refractivity contribution in [3.63, 3.8) is 0 Å². The maximum Gasteiger partial charge on any atom is 0.129 e. The van der Waals surface area contributed by atoms with E-state index in [9.17, 15) is 0 Å². The number of aromatic nitrogens is 2. The summed E-state index contributed by atoms with van der Waals surface area (Å²) in [6, 6.07) is 2.27. The van der Waals surface area contributed by atoms with Gasteiger partial charge in [0, 0.05) is 24.2 Å². The molecule has 15 heavy (non-hydrogen) atoms. The maximum absolute atomic E-state index is 5.29. The molecule has 0 saturated carbocycles. The van der Waals surface area contributed by atoms with Crippen molar-refractivity contribution in [1.82, 2.24) is 9.97 Å². The van der Waals surface area contributed by atoms with Crippen molar-refractivity contribution in [3.8, 4) is 12.3 Å². The van der Waals surface area contributed by atoms with Gasteiger partial charge in [-0.1, -0.05) is 13.8 Å². The standard InChI is InChI=1S/C12H17N3/c1-4-7-10(5-2)15-12-8-11(6-3)13-9-14-12/h1,8-10H,5-7H2,2-3H3,(H,13,14,15). The van der Waals surface area contributed by atoms with Crippen LogP contribution in [-0.4, -0.2) is 16.0 Å². The normalized spacial score (nSPS) is 11.8. The first-order chi connectivity index (χ1) is 7.30. The van der Waals surface area contributed by atoms with Crippen LogP contribution in [0.5, 0.6) is 0 Å². The third kappa shape index (κ3) is 3.59. The highest BCUT2D eigenvalue weighted by molar-refractivity contribution is 5.36. The number of anilines is 1. The Balaban J connectivity index is 2.66. The predicted octanol–water partition coefficient (Wildman–Crippen LogP) is 2.25. The van der Waals surface area contributed by atoms with Gasteiger partial charge < -0.3 is 5.32 Å². The van der Waals surface area contributed by atoms with Gasteiger partial charge in [0.25, 0.3) is 0 Å². The van der Waals surface area contributed by atoms with Gasteiger partial charge in [0.1, 0.15) is 12.1 Å². The van der Waals surface area contributed by atoms with Crippen molar-refractivity contribution in [2.24, 2.45) is 0 Å². The molecule has 0 amide bonds. The fourth-order valence-corrected chi connectivity index (χ4v) is 1.32. The summed E-state index contributed by atoms with van der Waals surface area (Å²) in [6.45, 7) is 4.18. The molecule has 1 N–H and O–H groups in total. The zero-order valence-corrected chi connectivity index (χ0v) is 9.33. The minimum Gasteiger partial charge on any atom is -0.366 e. The quantitative estimate of drug-likeness (QED) is 0.746. The molecule has 0 aliphatic heterocycles. The molecule has 1 atom stereocenters. The van der Waals surface area contributed by atoms with Gasteiger partial charge >= 0.3 is 0 Å². The molecule has 0 aliphatic carbocycles. The molecule has 3 heteroatoms. The molecule has 0 spiro atoms. The highest BCUT2D eigenvalue weighted by Gasteiger charge is 2.05. The average molecular weight is 203 g/mol. The van der Waals surface area contributed by atoms with Crippen LogP contribution in [0, 0.1) is 12.3 Å².